The summed E-state index contributed by atoms with van der Waals surface area (Å²) in [7, 11) is 0. The van der Waals surface area contributed by atoms with Crippen LogP contribution in [-0.4, -0.2) is 15.4 Å². The Balaban J connectivity index is 0.00000348. The second kappa shape index (κ2) is 12.6. The molecule has 0 radical (unpaired) electrons. The fourth-order valence-electron chi connectivity index (χ4n) is 6.81. The standard InChI is InChI=1S/C43H31N4O.Pt/c1-29(2)45-28-46(40-23-12-11-22-39(40)45)32-18-13-19-33(26-32)48-34-24-25-35-36-20-9-10-21-38(36)47-42(31-16-7-4-8-17-31)41(30-14-5-3-6-15-30)44-43(47)37(35)27-34;/h3-25,28-29H,1-2H3;/q-3;. The summed E-state index contributed by atoms with van der Waals surface area (Å²) in [5, 5.41) is 3.10. The van der Waals surface area contributed by atoms with E-state index >= 15 is 0 Å². The van der Waals surface area contributed by atoms with Crippen LogP contribution in [0.25, 0.3) is 49.8 Å². The maximum atomic E-state index is 6.51. The summed E-state index contributed by atoms with van der Waals surface area (Å²) in [6.07, 6.45) is 0. The first-order valence-electron chi connectivity index (χ1n) is 16.3. The van der Waals surface area contributed by atoms with Gasteiger partial charge in [0.15, 0.2) is 0 Å². The van der Waals surface area contributed by atoms with Crippen LogP contribution in [-0.2, 0) is 21.1 Å². The first-order chi connectivity index (χ1) is 23.6. The van der Waals surface area contributed by atoms with Crippen LogP contribution in [0, 0.1) is 18.8 Å². The number of fused-ring (bicyclic) bond motifs is 7. The van der Waals surface area contributed by atoms with Crippen LogP contribution < -0.4 is 14.5 Å². The molecule has 0 saturated carbocycles. The minimum atomic E-state index is 0. The van der Waals surface area contributed by atoms with Gasteiger partial charge in [-0.25, -0.2) is 0 Å². The van der Waals surface area contributed by atoms with Gasteiger partial charge in [0.1, 0.15) is 0 Å². The zero-order valence-electron chi connectivity index (χ0n) is 26.9. The van der Waals surface area contributed by atoms with Gasteiger partial charge in [0.25, 0.3) is 0 Å². The van der Waals surface area contributed by atoms with Gasteiger partial charge in [0, 0.05) is 55.0 Å². The Morgan fingerprint density at radius 3 is 2.08 bits per heavy atom. The van der Waals surface area contributed by atoms with Crippen molar-refractivity contribution in [3.8, 4) is 34.0 Å². The maximum Gasteiger partial charge on any atom is 0.0852 e. The number of para-hydroxylation sites is 3. The number of benzene rings is 6. The molecule has 0 bridgehead atoms. The van der Waals surface area contributed by atoms with Gasteiger partial charge in [-0.2, -0.15) is 12.7 Å². The minimum Gasteiger partial charge on any atom is -0.503 e. The number of pyridine rings is 1. The zero-order chi connectivity index (χ0) is 32.2. The Kier molecular flexibility index (Phi) is 7.94. The summed E-state index contributed by atoms with van der Waals surface area (Å²) in [4.78, 5) is 9.80. The van der Waals surface area contributed by atoms with E-state index in [-0.39, 0.29) is 21.1 Å². The van der Waals surface area contributed by atoms with Crippen LogP contribution in [0.1, 0.15) is 13.8 Å². The number of ether oxygens (including phenoxy) is 1. The molecule has 0 unspecified atom stereocenters. The van der Waals surface area contributed by atoms with E-state index < -0.39 is 0 Å². The molecule has 3 heterocycles. The molecule has 0 N–H and O–H groups in total. The average Bonchev–Trinajstić information content (AvgIpc) is 3.73. The summed E-state index contributed by atoms with van der Waals surface area (Å²) < 4.78 is 8.80. The van der Waals surface area contributed by atoms with E-state index in [1.165, 1.54) is 5.69 Å². The molecule has 49 heavy (non-hydrogen) atoms. The normalized spacial score (nSPS) is 12.6. The second-order valence-electron chi connectivity index (χ2n) is 12.3. The third-order valence-corrected chi connectivity index (χ3v) is 9.00. The topological polar surface area (TPSA) is 33.0 Å². The van der Waals surface area contributed by atoms with Crippen LogP contribution in [0.15, 0.2) is 140 Å². The molecule has 1 aliphatic heterocycles. The number of rotatable bonds is 6. The number of imidazole rings is 1. The summed E-state index contributed by atoms with van der Waals surface area (Å²) in [6.45, 7) is 6.53. The molecule has 0 saturated heterocycles. The predicted molar refractivity (Wildman–Crippen MR) is 196 cm³/mol. The molecule has 0 fully saturated rings. The first-order valence-corrected chi connectivity index (χ1v) is 16.3. The van der Waals surface area contributed by atoms with Crippen molar-refractivity contribution in [2.24, 2.45) is 0 Å². The fourth-order valence-corrected chi connectivity index (χ4v) is 6.81. The van der Waals surface area contributed by atoms with Crippen LogP contribution in [0.5, 0.6) is 11.5 Å². The fraction of sp³-hybridized carbons (Fsp3) is 0.0698. The smallest absolute Gasteiger partial charge is 0.0852 e. The molecule has 242 valence electrons. The molecule has 1 aliphatic rings. The predicted octanol–water partition coefficient (Wildman–Crippen LogP) is 10.9. The van der Waals surface area contributed by atoms with Crippen LogP contribution in [0.2, 0.25) is 0 Å². The van der Waals surface area contributed by atoms with E-state index in [0.717, 1.165) is 61.2 Å². The third kappa shape index (κ3) is 5.26. The molecule has 0 amide bonds. The van der Waals surface area contributed by atoms with Crippen molar-refractivity contribution in [3.05, 3.63) is 158 Å². The summed E-state index contributed by atoms with van der Waals surface area (Å²) >= 11 is 0. The summed E-state index contributed by atoms with van der Waals surface area (Å²) in [6, 6.07) is 55.4. The van der Waals surface area contributed by atoms with Crippen molar-refractivity contribution < 1.29 is 25.8 Å². The molecule has 2 aromatic heterocycles. The number of hydrogen-bond donors (Lipinski definition) is 0. The molecule has 5 nitrogen and oxygen atoms in total. The Hall–Kier alpha value is -5.38. The average molecular weight is 815 g/mol. The number of aromatic nitrogens is 2. The van der Waals surface area contributed by atoms with Gasteiger partial charge >= 0.3 is 0 Å². The Morgan fingerprint density at radius 1 is 0.633 bits per heavy atom. The van der Waals surface area contributed by atoms with E-state index in [9.17, 15) is 0 Å². The van der Waals surface area contributed by atoms with Gasteiger partial charge in [-0.05, 0) is 49.0 Å². The van der Waals surface area contributed by atoms with Crippen LogP contribution in [0.3, 0.4) is 0 Å². The Labute approximate surface area is 300 Å². The van der Waals surface area contributed by atoms with E-state index in [1.54, 1.807) is 0 Å². The van der Waals surface area contributed by atoms with Gasteiger partial charge in [0.05, 0.1) is 17.0 Å². The van der Waals surface area contributed by atoms with Crippen LogP contribution in [0.4, 0.5) is 17.1 Å². The molecule has 0 aliphatic carbocycles. The molecule has 9 rings (SSSR count). The van der Waals surface area contributed by atoms with E-state index in [4.69, 9.17) is 9.72 Å². The molecule has 6 heteroatoms. The zero-order valence-corrected chi connectivity index (χ0v) is 29.2. The van der Waals surface area contributed by atoms with Crippen LogP contribution >= 0.6 is 0 Å². The van der Waals surface area contributed by atoms with Gasteiger partial charge in [-0.1, -0.05) is 108 Å². The quantitative estimate of drug-likeness (QED) is 0.124. The molecular weight excluding hydrogens is 784 g/mol. The molecular formula is C43H31N4OPt-3. The first kappa shape index (κ1) is 30.9. The van der Waals surface area contributed by atoms with Gasteiger partial charge < -0.3 is 18.9 Å². The minimum absolute atomic E-state index is 0. The van der Waals surface area contributed by atoms with E-state index in [2.05, 4.69) is 156 Å². The Morgan fingerprint density at radius 2 is 1.31 bits per heavy atom. The van der Waals surface area contributed by atoms with Crippen molar-refractivity contribution in [2.75, 3.05) is 9.80 Å². The number of anilines is 3. The SMILES string of the molecule is CC(C)N1[CH-]N(c2[c-]c(Oc3[c-]c4c(cc3)c3ccccc3n3c(-c5ccccc5)c(-c5ccccc5)nc43)ccc2)c2ccccc21.[Pt]. The van der Waals surface area contributed by atoms with Crippen molar-refractivity contribution in [2.45, 2.75) is 19.9 Å². The summed E-state index contributed by atoms with van der Waals surface area (Å²) in [5.41, 5.74) is 9.27. The largest absolute Gasteiger partial charge is 0.503 e. The molecule has 6 aromatic carbocycles. The molecule has 8 aromatic rings. The summed E-state index contributed by atoms with van der Waals surface area (Å²) in [5.74, 6) is 1.22. The van der Waals surface area contributed by atoms with Crippen molar-refractivity contribution >= 4 is 44.4 Å². The second-order valence-corrected chi connectivity index (χ2v) is 12.3. The third-order valence-electron chi connectivity index (χ3n) is 9.00. The van der Waals surface area contributed by atoms with E-state index in [1.807, 2.05) is 30.3 Å². The maximum absolute atomic E-state index is 6.51. The van der Waals surface area contributed by atoms with Gasteiger partial charge in [-0.15, -0.1) is 36.0 Å². The number of hydrogen-bond acceptors (Lipinski definition) is 4. The van der Waals surface area contributed by atoms with E-state index in [0.29, 0.717) is 17.5 Å². The van der Waals surface area contributed by atoms with Crippen molar-refractivity contribution in [1.29, 1.82) is 0 Å². The van der Waals surface area contributed by atoms with Gasteiger partial charge in [-0.3, -0.25) is 4.98 Å². The molecule has 0 atom stereocenters. The van der Waals surface area contributed by atoms with Crippen molar-refractivity contribution in [3.63, 3.8) is 0 Å². The molecule has 0 spiro atoms. The monoisotopic (exact) mass is 814 g/mol. The number of nitrogens with zero attached hydrogens (tertiary/aromatic N) is 4. The van der Waals surface area contributed by atoms with Gasteiger partial charge in [0.2, 0.25) is 0 Å². The van der Waals surface area contributed by atoms with Crippen molar-refractivity contribution in [1.82, 2.24) is 9.38 Å². The Bertz CT molecular complexity index is 2460.